The third kappa shape index (κ3) is 4.17. The first-order valence-corrected chi connectivity index (χ1v) is 8.89. The average molecular weight is 354 g/mol. The molecule has 1 amide bonds. The van der Waals surface area contributed by atoms with Gasteiger partial charge in [0.2, 0.25) is 5.91 Å². The number of rotatable bonds is 6. The maximum Gasteiger partial charge on any atom is 0.241 e. The van der Waals surface area contributed by atoms with Crippen LogP contribution in [0.4, 0.5) is 5.69 Å². The molecule has 0 fully saturated rings. The third-order valence-electron chi connectivity index (χ3n) is 4.70. The van der Waals surface area contributed by atoms with E-state index in [1.165, 1.54) is 5.56 Å². The molecule has 3 rings (SSSR count). The molecule has 0 N–H and O–H groups in total. The molecular formula is C21H26N2O3. The highest BCUT2D eigenvalue weighted by Gasteiger charge is 2.23. The number of benzene rings is 2. The zero-order valence-electron chi connectivity index (χ0n) is 15.7. The quantitative estimate of drug-likeness (QED) is 0.799. The van der Waals surface area contributed by atoms with E-state index in [2.05, 4.69) is 0 Å². The standard InChI is InChI=1S/C21H26N2O3/c1-22(14-16-6-4-8-18(12-16)25-2)15-21(24)23-11-5-7-17-13-19(26-3)9-10-20(17)23/h4,6,8-10,12-13H,5,7,11,14-15H2,1-3H3. The molecule has 0 radical (unpaired) electrons. The van der Waals surface area contributed by atoms with Crippen molar-refractivity contribution in [3.63, 3.8) is 0 Å². The second-order valence-corrected chi connectivity index (χ2v) is 6.67. The van der Waals surface area contributed by atoms with Gasteiger partial charge in [0.1, 0.15) is 11.5 Å². The van der Waals surface area contributed by atoms with Crippen LogP contribution in [0.5, 0.6) is 11.5 Å². The number of amides is 1. The molecule has 5 nitrogen and oxygen atoms in total. The molecule has 0 aromatic heterocycles. The van der Waals surface area contributed by atoms with Crippen LogP contribution in [0.3, 0.4) is 0 Å². The fourth-order valence-corrected chi connectivity index (χ4v) is 3.41. The highest BCUT2D eigenvalue weighted by molar-refractivity contribution is 5.96. The predicted molar refractivity (Wildman–Crippen MR) is 103 cm³/mol. The van der Waals surface area contributed by atoms with Gasteiger partial charge >= 0.3 is 0 Å². The van der Waals surface area contributed by atoms with Crippen LogP contribution in [0.2, 0.25) is 0 Å². The lowest BCUT2D eigenvalue weighted by Crippen LogP contribution is -2.41. The molecule has 0 atom stereocenters. The summed E-state index contributed by atoms with van der Waals surface area (Å²) in [5.41, 5.74) is 3.32. The number of methoxy groups -OCH3 is 2. The minimum absolute atomic E-state index is 0.126. The molecule has 2 aromatic carbocycles. The molecule has 1 aliphatic rings. The van der Waals surface area contributed by atoms with E-state index in [1.54, 1.807) is 14.2 Å². The molecule has 1 aliphatic heterocycles. The van der Waals surface area contributed by atoms with E-state index in [0.717, 1.165) is 42.1 Å². The third-order valence-corrected chi connectivity index (χ3v) is 4.70. The van der Waals surface area contributed by atoms with Crippen molar-refractivity contribution in [1.82, 2.24) is 4.90 Å². The molecule has 1 heterocycles. The Bertz CT molecular complexity index is 776. The van der Waals surface area contributed by atoms with Crippen molar-refractivity contribution >= 4 is 11.6 Å². The second-order valence-electron chi connectivity index (χ2n) is 6.67. The van der Waals surface area contributed by atoms with Crippen LogP contribution in [0.1, 0.15) is 17.5 Å². The van der Waals surface area contributed by atoms with E-state index in [-0.39, 0.29) is 5.91 Å². The zero-order chi connectivity index (χ0) is 18.5. The Kier molecular flexibility index (Phi) is 5.78. The summed E-state index contributed by atoms with van der Waals surface area (Å²) in [6.45, 7) is 1.85. The van der Waals surface area contributed by atoms with Gasteiger partial charge in [-0.25, -0.2) is 0 Å². The Morgan fingerprint density at radius 1 is 1.12 bits per heavy atom. The molecule has 0 saturated heterocycles. The summed E-state index contributed by atoms with van der Waals surface area (Å²) in [7, 11) is 5.30. The van der Waals surface area contributed by atoms with Crippen LogP contribution in [0.15, 0.2) is 42.5 Å². The largest absolute Gasteiger partial charge is 0.497 e. The molecule has 5 heteroatoms. The van der Waals surface area contributed by atoms with Gasteiger partial charge < -0.3 is 14.4 Å². The van der Waals surface area contributed by atoms with E-state index < -0.39 is 0 Å². The van der Waals surface area contributed by atoms with Crippen molar-refractivity contribution in [2.24, 2.45) is 0 Å². The topological polar surface area (TPSA) is 42.0 Å². The smallest absolute Gasteiger partial charge is 0.241 e. The van der Waals surface area contributed by atoms with Gasteiger partial charge in [0, 0.05) is 18.8 Å². The first-order valence-electron chi connectivity index (χ1n) is 8.89. The maximum absolute atomic E-state index is 12.9. The lowest BCUT2D eigenvalue weighted by molar-refractivity contribution is -0.119. The predicted octanol–water partition coefficient (Wildman–Crippen LogP) is 3.12. The summed E-state index contributed by atoms with van der Waals surface area (Å²) in [4.78, 5) is 16.8. The van der Waals surface area contributed by atoms with E-state index in [9.17, 15) is 4.79 Å². The van der Waals surface area contributed by atoms with Crippen LogP contribution < -0.4 is 14.4 Å². The van der Waals surface area contributed by atoms with Crippen LogP contribution in [0, 0.1) is 0 Å². The zero-order valence-corrected chi connectivity index (χ0v) is 15.7. The van der Waals surface area contributed by atoms with Gasteiger partial charge in [0.25, 0.3) is 0 Å². The normalized spacial score (nSPS) is 13.5. The molecule has 0 unspecified atom stereocenters. The number of anilines is 1. The summed E-state index contributed by atoms with van der Waals surface area (Å²) in [6, 6.07) is 13.9. The number of carbonyl (C=O) groups excluding carboxylic acids is 1. The highest BCUT2D eigenvalue weighted by atomic mass is 16.5. The van der Waals surface area contributed by atoms with Crippen molar-refractivity contribution in [3.05, 3.63) is 53.6 Å². The van der Waals surface area contributed by atoms with Gasteiger partial charge in [-0.2, -0.15) is 0 Å². The fourth-order valence-electron chi connectivity index (χ4n) is 3.41. The second kappa shape index (κ2) is 8.23. The Labute approximate surface area is 155 Å². The molecule has 26 heavy (non-hydrogen) atoms. The van der Waals surface area contributed by atoms with Crippen molar-refractivity contribution in [1.29, 1.82) is 0 Å². The molecular weight excluding hydrogens is 328 g/mol. The number of likely N-dealkylation sites (N-methyl/N-ethyl adjacent to an activating group) is 1. The van der Waals surface area contributed by atoms with Crippen molar-refractivity contribution in [2.75, 3.05) is 39.3 Å². The molecule has 0 spiro atoms. The van der Waals surface area contributed by atoms with Crippen molar-refractivity contribution in [2.45, 2.75) is 19.4 Å². The Morgan fingerprint density at radius 3 is 2.65 bits per heavy atom. The summed E-state index contributed by atoms with van der Waals surface area (Å²) in [6.07, 6.45) is 1.96. The summed E-state index contributed by atoms with van der Waals surface area (Å²) in [5, 5.41) is 0. The van der Waals surface area contributed by atoms with E-state index >= 15 is 0 Å². The first kappa shape index (κ1) is 18.3. The van der Waals surface area contributed by atoms with Gasteiger partial charge in [0.05, 0.1) is 20.8 Å². The van der Waals surface area contributed by atoms with Crippen LogP contribution in [-0.4, -0.2) is 45.2 Å². The molecule has 138 valence electrons. The van der Waals surface area contributed by atoms with Gasteiger partial charge in [0.15, 0.2) is 0 Å². The van der Waals surface area contributed by atoms with Gasteiger partial charge in [-0.1, -0.05) is 12.1 Å². The van der Waals surface area contributed by atoms with Gasteiger partial charge in [-0.05, 0) is 61.3 Å². The van der Waals surface area contributed by atoms with E-state index in [0.29, 0.717) is 13.1 Å². The molecule has 0 saturated carbocycles. The number of hydrogen-bond donors (Lipinski definition) is 0. The van der Waals surface area contributed by atoms with E-state index in [4.69, 9.17) is 9.47 Å². The first-order chi connectivity index (χ1) is 12.6. The van der Waals surface area contributed by atoms with Crippen LogP contribution >= 0.6 is 0 Å². The van der Waals surface area contributed by atoms with E-state index in [1.807, 2.05) is 59.3 Å². The highest BCUT2D eigenvalue weighted by Crippen LogP contribution is 2.30. The van der Waals surface area contributed by atoms with Gasteiger partial charge in [-0.15, -0.1) is 0 Å². The Balaban J connectivity index is 1.66. The number of hydrogen-bond acceptors (Lipinski definition) is 4. The van der Waals surface area contributed by atoms with Crippen LogP contribution in [0.25, 0.3) is 0 Å². The molecule has 0 bridgehead atoms. The molecule has 0 aliphatic carbocycles. The summed E-state index contributed by atoms with van der Waals surface area (Å²) >= 11 is 0. The number of nitrogens with zero attached hydrogens (tertiary/aromatic N) is 2. The van der Waals surface area contributed by atoms with Gasteiger partial charge in [-0.3, -0.25) is 9.69 Å². The minimum Gasteiger partial charge on any atom is -0.497 e. The van der Waals surface area contributed by atoms with Crippen molar-refractivity contribution in [3.8, 4) is 11.5 Å². The number of aryl methyl sites for hydroxylation is 1. The average Bonchev–Trinajstić information content (AvgIpc) is 2.66. The number of fused-ring (bicyclic) bond motifs is 1. The lowest BCUT2D eigenvalue weighted by atomic mass is 10.0. The SMILES string of the molecule is COc1cccc(CN(C)CC(=O)N2CCCc3cc(OC)ccc32)c1. The Hall–Kier alpha value is -2.53. The summed E-state index contributed by atoms with van der Waals surface area (Å²) < 4.78 is 10.6. The van der Waals surface area contributed by atoms with Crippen LogP contribution in [-0.2, 0) is 17.8 Å². The number of carbonyl (C=O) groups is 1. The monoisotopic (exact) mass is 354 g/mol. The molecule has 2 aromatic rings. The number of ether oxygens (including phenoxy) is 2. The Morgan fingerprint density at radius 2 is 1.88 bits per heavy atom. The maximum atomic E-state index is 12.9. The summed E-state index contributed by atoms with van der Waals surface area (Å²) in [5.74, 6) is 1.80. The fraction of sp³-hybridized carbons (Fsp3) is 0.381. The van der Waals surface area contributed by atoms with Crippen molar-refractivity contribution < 1.29 is 14.3 Å². The minimum atomic E-state index is 0.126. The lowest BCUT2D eigenvalue weighted by Gasteiger charge is -2.31.